The Morgan fingerprint density at radius 2 is 1.86 bits per heavy atom. The smallest absolute Gasteiger partial charge is 0.321 e. The van der Waals surface area contributed by atoms with Crippen molar-refractivity contribution in [2.75, 3.05) is 39.2 Å². The molecule has 0 aromatic heterocycles. The highest BCUT2D eigenvalue weighted by molar-refractivity contribution is 7.89. The van der Waals surface area contributed by atoms with Crippen molar-refractivity contribution in [1.29, 1.82) is 0 Å². The van der Waals surface area contributed by atoms with Gasteiger partial charge in [-0.3, -0.25) is 0 Å². The highest BCUT2D eigenvalue weighted by Gasteiger charge is 2.38. The van der Waals surface area contributed by atoms with Crippen molar-refractivity contribution in [2.24, 2.45) is 5.92 Å². The number of rotatable bonds is 6. The molecule has 0 bridgehead atoms. The lowest BCUT2D eigenvalue weighted by Crippen LogP contribution is -2.50. The van der Waals surface area contributed by atoms with Gasteiger partial charge in [0.15, 0.2) is 0 Å². The van der Waals surface area contributed by atoms with Crippen LogP contribution in [0.15, 0.2) is 71.6 Å². The maximum absolute atomic E-state index is 13.7. The highest BCUT2D eigenvalue weighted by atomic mass is 32.2. The van der Waals surface area contributed by atoms with Gasteiger partial charge in [0.2, 0.25) is 10.0 Å². The number of likely N-dealkylation sites (N-methyl/N-ethyl adjacent to an activating group) is 1. The highest BCUT2D eigenvalue weighted by Crippen LogP contribution is 2.34. The molecule has 1 heterocycles. The van der Waals surface area contributed by atoms with Gasteiger partial charge in [-0.25, -0.2) is 17.6 Å². The van der Waals surface area contributed by atoms with Gasteiger partial charge in [-0.15, -0.1) is 0 Å². The van der Waals surface area contributed by atoms with E-state index in [1.165, 1.54) is 27.4 Å². The molecule has 0 fully saturated rings. The number of aliphatic hydroxyl groups is 1. The van der Waals surface area contributed by atoms with E-state index in [4.69, 9.17) is 9.47 Å². The summed E-state index contributed by atoms with van der Waals surface area (Å²) >= 11 is 0. The molecule has 0 spiro atoms. The predicted molar refractivity (Wildman–Crippen MR) is 157 cm³/mol. The van der Waals surface area contributed by atoms with Gasteiger partial charge in [0.1, 0.15) is 28.3 Å². The summed E-state index contributed by atoms with van der Waals surface area (Å²) < 4.78 is 53.5. The molecule has 4 rings (SSSR count). The summed E-state index contributed by atoms with van der Waals surface area (Å²) in [5.74, 6) is 5.88. The molecule has 2 N–H and O–H groups in total. The number of carbonyl (C=O) groups is 1. The largest absolute Gasteiger partial charge is 0.497 e. The van der Waals surface area contributed by atoms with Crippen molar-refractivity contribution in [3.05, 3.63) is 83.7 Å². The molecule has 1 aliphatic heterocycles. The van der Waals surface area contributed by atoms with Gasteiger partial charge in [-0.2, -0.15) is 4.31 Å². The van der Waals surface area contributed by atoms with Crippen LogP contribution in [0.1, 0.15) is 25.0 Å². The lowest BCUT2D eigenvalue weighted by Gasteiger charge is -2.37. The number of carbonyl (C=O) groups excluding carboxylic acids is 1. The van der Waals surface area contributed by atoms with E-state index in [1.807, 2.05) is 6.92 Å². The third-order valence-corrected chi connectivity index (χ3v) is 9.00. The van der Waals surface area contributed by atoms with E-state index < -0.39 is 22.2 Å². The van der Waals surface area contributed by atoms with Crippen molar-refractivity contribution < 1.29 is 32.2 Å². The minimum absolute atomic E-state index is 0.0597. The molecule has 9 nitrogen and oxygen atoms in total. The second-order valence-electron chi connectivity index (χ2n) is 10.2. The van der Waals surface area contributed by atoms with E-state index in [1.54, 1.807) is 69.6 Å². The average Bonchev–Trinajstić information content (AvgIpc) is 2.98. The molecular weight excluding hydrogens is 561 g/mol. The number of ether oxygens (including phenoxy) is 2. The zero-order valence-corrected chi connectivity index (χ0v) is 24.7. The van der Waals surface area contributed by atoms with Gasteiger partial charge in [0.05, 0.1) is 20.3 Å². The van der Waals surface area contributed by atoms with E-state index in [0.717, 1.165) is 0 Å². The predicted octanol–water partition coefficient (Wildman–Crippen LogP) is 4.17. The minimum Gasteiger partial charge on any atom is -0.497 e. The number of nitrogens with zero attached hydrogens (tertiary/aromatic N) is 2. The third kappa shape index (κ3) is 7.20. The molecule has 2 amide bonds. The topological polar surface area (TPSA) is 108 Å². The molecule has 42 heavy (non-hydrogen) atoms. The van der Waals surface area contributed by atoms with Gasteiger partial charge >= 0.3 is 6.03 Å². The van der Waals surface area contributed by atoms with Crippen LogP contribution in [0.2, 0.25) is 0 Å². The minimum atomic E-state index is -4.04. The molecule has 11 heteroatoms. The number of hydrogen-bond acceptors (Lipinski definition) is 6. The first-order chi connectivity index (χ1) is 20.0. The van der Waals surface area contributed by atoms with Crippen molar-refractivity contribution in [1.82, 2.24) is 9.21 Å². The average molecular weight is 596 g/mol. The fourth-order valence-corrected chi connectivity index (χ4v) is 6.30. The van der Waals surface area contributed by atoms with Gasteiger partial charge in [0.25, 0.3) is 0 Å². The van der Waals surface area contributed by atoms with Crippen molar-refractivity contribution in [3.8, 4) is 23.3 Å². The Kier molecular flexibility index (Phi) is 9.73. The first-order valence-corrected chi connectivity index (χ1v) is 14.8. The molecule has 3 aromatic carbocycles. The number of anilines is 1. The molecule has 3 atom stereocenters. The molecular formula is C31H34FN3O6S. The molecule has 0 saturated carbocycles. The number of aliphatic hydroxyl groups excluding tert-OH is 1. The summed E-state index contributed by atoms with van der Waals surface area (Å²) in [4.78, 5) is 14.5. The second-order valence-corrected chi connectivity index (χ2v) is 12.1. The van der Waals surface area contributed by atoms with Crippen LogP contribution in [0.3, 0.4) is 0 Å². The number of urea groups is 1. The lowest BCUT2D eigenvalue weighted by atomic mass is 10.0. The molecule has 0 aliphatic carbocycles. The van der Waals surface area contributed by atoms with E-state index >= 15 is 0 Å². The number of benzene rings is 3. The Labute approximate surface area is 245 Å². The van der Waals surface area contributed by atoms with Crippen LogP contribution in [0.5, 0.6) is 11.5 Å². The van der Waals surface area contributed by atoms with Gasteiger partial charge in [0, 0.05) is 48.4 Å². The Balaban J connectivity index is 1.65. The van der Waals surface area contributed by atoms with Crippen LogP contribution >= 0.6 is 0 Å². The van der Waals surface area contributed by atoms with Crippen molar-refractivity contribution in [3.63, 3.8) is 0 Å². The summed E-state index contributed by atoms with van der Waals surface area (Å²) in [5, 5.41) is 12.7. The van der Waals surface area contributed by atoms with E-state index in [9.17, 15) is 22.7 Å². The number of sulfonamides is 1. The number of nitrogens with one attached hydrogen (secondary N) is 1. The van der Waals surface area contributed by atoms with Gasteiger partial charge in [-0.1, -0.05) is 24.8 Å². The molecule has 0 radical (unpaired) electrons. The molecule has 0 saturated heterocycles. The summed E-state index contributed by atoms with van der Waals surface area (Å²) in [5.41, 5.74) is 1.64. The van der Waals surface area contributed by atoms with Gasteiger partial charge < -0.3 is 24.8 Å². The number of methoxy groups -OCH3 is 1. The third-order valence-electron chi connectivity index (χ3n) is 6.98. The SMILES string of the molecule is COc1cccc(NC(=O)N(C)C[C@H]2Oc3cc(C#Cc4ccc(F)cc4)ccc3S(=O)(=O)N([C@@H](C)CO)C[C@@H]2C)c1. The van der Waals surface area contributed by atoms with Crippen molar-refractivity contribution in [2.45, 2.75) is 30.9 Å². The summed E-state index contributed by atoms with van der Waals surface area (Å²) in [6.45, 7) is 3.33. The Hall–Kier alpha value is -4.11. The first-order valence-electron chi connectivity index (χ1n) is 13.4. The van der Waals surface area contributed by atoms with Crippen LogP contribution in [0.4, 0.5) is 14.9 Å². The maximum Gasteiger partial charge on any atom is 0.321 e. The molecule has 1 aliphatic rings. The fraction of sp³-hybridized carbons (Fsp3) is 0.323. The van der Waals surface area contributed by atoms with Crippen LogP contribution in [-0.4, -0.2) is 74.8 Å². The Bertz CT molecular complexity index is 1590. The Morgan fingerprint density at radius 1 is 1.17 bits per heavy atom. The number of hydrogen-bond donors (Lipinski definition) is 2. The van der Waals surface area contributed by atoms with E-state index in [-0.39, 0.29) is 48.1 Å². The summed E-state index contributed by atoms with van der Waals surface area (Å²) in [6.07, 6.45) is -0.603. The molecule has 0 unspecified atom stereocenters. The van der Waals surface area contributed by atoms with E-state index in [2.05, 4.69) is 17.2 Å². The van der Waals surface area contributed by atoms with Gasteiger partial charge in [-0.05, 0) is 61.5 Å². The normalized spacial score (nSPS) is 18.6. The maximum atomic E-state index is 13.7. The van der Waals surface area contributed by atoms with Crippen LogP contribution in [-0.2, 0) is 10.0 Å². The quantitative estimate of drug-likeness (QED) is 0.415. The number of amides is 2. The monoisotopic (exact) mass is 595 g/mol. The van der Waals surface area contributed by atoms with Crippen molar-refractivity contribution >= 4 is 21.7 Å². The molecule has 3 aromatic rings. The van der Waals surface area contributed by atoms with Crippen LogP contribution in [0.25, 0.3) is 0 Å². The van der Waals surface area contributed by atoms with E-state index in [0.29, 0.717) is 22.6 Å². The van der Waals surface area contributed by atoms with Crippen LogP contribution in [0, 0.1) is 23.6 Å². The Morgan fingerprint density at radius 3 is 2.55 bits per heavy atom. The first kappa shape index (κ1) is 30.8. The standard InChI is InChI=1S/C31H34FN3O6S/c1-21-18-35(22(2)20-36)42(38,39)30-15-12-24(9-8-23-10-13-25(32)14-11-23)16-28(30)41-29(21)19-34(3)31(37)33-26-6-5-7-27(17-26)40-4/h5-7,10-17,21-22,29,36H,18-20H2,1-4H3,(H,33,37)/t21-,22-,29+/m0/s1. The summed E-state index contributed by atoms with van der Waals surface area (Å²) in [6, 6.07) is 16.2. The zero-order chi connectivity index (χ0) is 30.4. The number of fused-ring (bicyclic) bond motifs is 1. The summed E-state index contributed by atoms with van der Waals surface area (Å²) in [7, 11) is -0.871. The molecule has 222 valence electrons. The zero-order valence-electron chi connectivity index (χ0n) is 23.9. The fourth-order valence-electron chi connectivity index (χ4n) is 4.47. The number of halogens is 1. The lowest BCUT2D eigenvalue weighted by molar-refractivity contribution is 0.0830. The second kappa shape index (κ2) is 13.2. The van der Waals surface area contributed by atoms with Crippen LogP contribution < -0.4 is 14.8 Å².